The number of hydrogen-bond acceptors (Lipinski definition) is 3. The molecule has 2 rings (SSSR count). The third-order valence-corrected chi connectivity index (χ3v) is 2.54. The maximum atomic E-state index is 12.9. The number of methoxy groups -OCH3 is 1. The summed E-state index contributed by atoms with van der Waals surface area (Å²) in [7, 11) is 1.47. The minimum absolute atomic E-state index is 0.0358. The molecule has 16 heavy (non-hydrogen) atoms. The van der Waals surface area contributed by atoms with Gasteiger partial charge in [0, 0.05) is 12.6 Å². The second kappa shape index (κ2) is 4.38. The molecule has 0 unspecified atom stereocenters. The molecular formula is C11H13FN2O2. The number of benzene rings is 1. The van der Waals surface area contributed by atoms with Crippen LogP contribution in [0.4, 0.5) is 10.1 Å². The average molecular weight is 224 g/mol. The van der Waals surface area contributed by atoms with Crippen molar-refractivity contribution in [3.05, 3.63) is 24.0 Å². The van der Waals surface area contributed by atoms with E-state index in [9.17, 15) is 9.18 Å². The summed E-state index contributed by atoms with van der Waals surface area (Å²) in [6.07, 6.45) is 0.722. The Labute approximate surface area is 92.8 Å². The molecule has 1 atom stereocenters. The number of rotatable bonds is 3. The fourth-order valence-electron chi connectivity index (χ4n) is 1.70. The molecule has 86 valence electrons. The number of hydrogen-bond donors (Lipinski definition) is 2. The van der Waals surface area contributed by atoms with E-state index in [1.54, 1.807) is 6.07 Å². The number of carbonyl (C=O) groups is 1. The summed E-state index contributed by atoms with van der Waals surface area (Å²) in [5.41, 5.74) is 0.631. The van der Waals surface area contributed by atoms with Crippen molar-refractivity contribution < 1.29 is 13.9 Å². The summed E-state index contributed by atoms with van der Waals surface area (Å²) in [5, 5.41) is 5.76. The molecule has 1 amide bonds. The second-order valence-corrected chi connectivity index (χ2v) is 3.62. The van der Waals surface area contributed by atoms with Gasteiger partial charge in [0.2, 0.25) is 5.91 Å². The Balaban J connectivity index is 2.17. The Morgan fingerprint density at radius 3 is 3.00 bits per heavy atom. The van der Waals surface area contributed by atoms with Crippen LogP contribution in [0.1, 0.15) is 6.42 Å². The molecule has 0 spiro atoms. The minimum atomic E-state index is -0.363. The molecule has 1 fully saturated rings. The third-order valence-electron chi connectivity index (χ3n) is 2.54. The Morgan fingerprint density at radius 2 is 2.38 bits per heavy atom. The third kappa shape index (κ3) is 2.08. The normalized spacial score (nSPS) is 19.4. The van der Waals surface area contributed by atoms with E-state index in [4.69, 9.17) is 4.74 Å². The molecule has 2 N–H and O–H groups in total. The van der Waals surface area contributed by atoms with Crippen molar-refractivity contribution >= 4 is 11.6 Å². The Morgan fingerprint density at radius 1 is 1.56 bits per heavy atom. The van der Waals surface area contributed by atoms with Gasteiger partial charge in [-0.15, -0.1) is 0 Å². The van der Waals surface area contributed by atoms with Crippen molar-refractivity contribution in [3.8, 4) is 5.75 Å². The fraction of sp³-hybridized carbons (Fsp3) is 0.364. The zero-order valence-electron chi connectivity index (χ0n) is 8.92. The van der Waals surface area contributed by atoms with Crippen molar-refractivity contribution in [2.75, 3.05) is 19.0 Å². The quantitative estimate of drug-likeness (QED) is 0.809. The van der Waals surface area contributed by atoms with Gasteiger partial charge < -0.3 is 15.4 Å². The van der Waals surface area contributed by atoms with E-state index in [0.29, 0.717) is 18.0 Å². The average Bonchev–Trinajstić information content (AvgIpc) is 2.67. The zero-order valence-corrected chi connectivity index (χ0v) is 8.92. The molecular weight excluding hydrogens is 211 g/mol. The predicted octanol–water partition coefficient (Wildman–Crippen LogP) is 1.13. The SMILES string of the molecule is COc1cc(F)ccc1N[C@@H]1CCNC1=O. The lowest BCUT2D eigenvalue weighted by Crippen LogP contribution is -2.29. The van der Waals surface area contributed by atoms with Gasteiger partial charge in [0.15, 0.2) is 0 Å². The molecule has 1 saturated heterocycles. The minimum Gasteiger partial charge on any atom is -0.494 e. The van der Waals surface area contributed by atoms with Crippen molar-refractivity contribution in [2.24, 2.45) is 0 Å². The van der Waals surface area contributed by atoms with E-state index >= 15 is 0 Å². The van der Waals surface area contributed by atoms with Crippen molar-refractivity contribution in [2.45, 2.75) is 12.5 Å². The van der Waals surface area contributed by atoms with E-state index < -0.39 is 0 Å². The van der Waals surface area contributed by atoms with E-state index in [0.717, 1.165) is 6.42 Å². The lowest BCUT2D eigenvalue weighted by molar-refractivity contribution is -0.119. The van der Waals surface area contributed by atoms with Gasteiger partial charge in [-0.3, -0.25) is 4.79 Å². The first-order chi connectivity index (χ1) is 7.70. The smallest absolute Gasteiger partial charge is 0.242 e. The first kappa shape index (κ1) is 10.7. The van der Waals surface area contributed by atoms with Crippen LogP contribution in [0, 0.1) is 5.82 Å². The molecule has 4 nitrogen and oxygen atoms in total. The zero-order chi connectivity index (χ0) is 11.5. The Hall–Kier alpha value is -1.78. The molecule has 1 aromatic carbocycles. The number of ether oxygens (including phenoxy) is 1. The van der Waals surface area contributed by atoms with Crippen molar-refractivity contribution in [1.29, 1.82) is 0 Å². The van der Waals surface area contributed by atoms with Crippen LogP contribution >= 0.6 is 0 Å². The van der Waals surface area contributed by atoms with Crippen LogP contribution in [-0.4, -0.2) is 25.6 Å². The van der Waals surface area contributed by atoms with Crippen LogP contribution in [0.5, 0.6) is 5.75 Å². The van der Waals surface area contributed by atoms with E-state index in [1.807, 2.05) is 0 Å². The molecule has 0 aliphatic carbocycles. The topological polar surface area (TPSA) is 50.4 Å². The van der Waals surface area contributed by atoms with Gasteiger partial charge in [0.25, 0.3) is 0 Å². The van der Waals surface area contributed by atoms with E-state index in [-0.39, 0.29) is 17.8 Å². The molecule has 1 aliphatic rings. The molecule has 0 aromatic heterocycles. The first-order valence-corrected chi connectivity index (χ1v) is 5.08. The summed E-state index contributed by atoms with van der Waals surface area (Å²) in [6.45, 7) is 0.667. The second-order valence-electron chi connectivity index (χ2n) is 3.62. The molecule has 1 heterocycles. The van der Waals surface area contributed by atoms with E-state index in [2.05, 4.69) is 10.6 Å². The largest absolute Gasteiger partial charge is 0.494 e. The highest BCUT2D eigenvalue weighted by atomic mass is 19.1. The van der Waals surface area contributed by atoms with Gasteiger partial charge in [-0.25, -0.2) is 4.39 Å². The molecule has 0 saturated carbocycles. The number of carbonyl (C=O) groups excluding carboxylic acids is 1. The molecule has 0 bridgehead atoms. The number of nitrogens with one attached hydrogen (secondary N) is 2. The lowest BCUT2D eigenvalue weighted by Gasteiger charge is -2.14. The van der Waals surface area contributed by atoms with Crippen molar-refractivity contribution in [3.63, 3.8) is 0 Å². The van der Waals surface area contributed by atoms with Gasteiger partial charge in [-0.05, 0) is 18.6 Å². The number of anilines is 1. The lowest BCUT2D eigenvalue weighted by atomic mass is 10.2. The maximum absolute atomic E-state index is 12.9. The summed E-state index contributed by atoms with van der Waals surface area (Å²) in [5.74, 6) is 0.00403. The monoisotopic (exact) mass is 224 g/mol. The van der Waals surface area contributed by atoms with Crippen LogP contribution < -0.4 is 15.4 Å². The van der Waals surface area contributed by atoms with Crippen LogP contribution in [-0.2, 0) is 4.79 Å². The van der Waals surface area contributed by atoms with Gasteiger partial charge in [0.05, 0.1) is 12.8 Å². The number of halogens is 1. The highest BCUT2D eigenvalue weighted by Crippen LogP contribution is 2.26. The fourth-order valence-corrected chi connectivity index (χ4v) is 1.70. The summed E-state index contributed by atoms with van der Waals surface area (Å²) >= 11 is 0. The summed E-state index contributed by atoms with van der Waals surface area (Å²) in [6, 6.07) is 3.92. The first-order valence-electron chi connectivity index (χ1n) is 5.08. The standard InChI is InChI=1S/C11H13FN2O2/c1-16-10-6-7(12)2-3-8(10)14-9-4-5-13-11(9)15/h2-3,6,9,14H,4-5H2,1H3,(H,13,15)/t9-/m1/s1. The van der Waals surface area contributed by atoms with Gasteiger partial charge in [0.1, 0.15) is 17.6 Å². The van der Waals surface area contributed by atoms with Crippen LogP contribution in [0.15, 0.2) is 18.2 Å². The Kier molecular flexibility index (Phi) is 2.94. The van der Waals surface area contributed by atoms with Gasteiger partial charge in [-0.1, -0.05) is 0 Å². The predicted molar refractivity (Wildman–Crippen MR) is 58.0 cm³/mol. The van der Waals surface area contributed by atoms with Crippen LogP contribution in [0.25, 0.3) is 0 Å². The van der Waals surface area contributed by atoms with Crippen LogP contribution in [0.3, 0.4) is 0 Å². The van der Waals surface area contributed by atoms with Gasteiger partial charge >= 0.3 is 0 Å². The summed E-state index contributed by atoms with van der Waals surface area (Å²) < 4.78 is 18.0. The maximum Gasteiger partial charge on any atom is 0.242 e. The molecule has 1 aliphatic heterocycles. The van der Waals surface area contributed by atoms with Crippen molar-refractivity contribution in [1.82, 2.24) is 5.32 Å². The molecule has 1 aromatic rings. The number of amides is 1. The molecule has 5 heteroatoms. The Bertz CT molecular complexity index is 409. The highest BCUT2D eigenvalue weighted by molar-refractivity contribution is 5.87. The van der Waals surface area contributed by atoms with Gasteiger partial charge in [-0.2, -0.15) is 0 Å². The summed E-state index contributed by atoms with van der Waals surface area (Å²) in [4.78, 5) is 11.4. The highest BCUT2D eigenvalue weighted by Gasteiger charge is 2.24. The molecule has 0 radical (unpaired) electrons. The van der Waals surface area contributed by atoms with E-state index in [1.165, 1.54) is 19.2 Å². The van der Waals surface area contributed by atoms with Crippen LogP contribution in [0.2, 0.25) is 0 Å².